The highest BCUT2D eigenvalue weighted by molar-refractivity contribution is 5.22. The third kappa shape index (κ3) is 4.50. The lowest BCUT2D eigenvalue weighted by Crippen LogP contribution is -1.79. The van der Waals surface area contributed by atoms with Crippen LogP contribution in [0.25, 0.3) is 0 Å². The maximum Gasteiger partial charge on any atom is -0.0166 e. The summed E-state index contributed by atoms with van der Waals surface area (Å²) < 4.78 is 0. The average Bonchev–Trinajstić information content (AvgIpc) is 2.88. The maximum atomic E-state index is 2.48. The molecular formula is C13H24. The van der Waals surface area contributed by atoms with E-state index in [4.69, 9.17) is 0 Å². The van der Waals surface area contributed by atoms with Gasteiger partial charge >= 0.3 is 0 Å². The summed E-state index contributed by atoms with van der Waals surface area (Å²) in [6.07, 6.45) is 13.7. The SMILES string of the molecule is CCCC=C1CC1CCCCCC. The molecule has 0 bridgehead atoms. The third-order valence-corrected chi connectivity index (χ3v) is 2.95. The molecule has 1 aliphatic carbocycles. The zero-order valence-electron chi connectivity index (χ0n) is 9.31. The molecule has 1 rings (SSSR count). The summed E-state index contributed by atoms with van der Waals surface area (Å²) in [5.74, 6) is 1.00. The largest absolute Gasteiger partial charge is 0.0850 e. The minimum Gasteiger partial charge on any atom is -0.0850 e. The van der Waals surface area contributed by atoms with E-state index in [1.54, 1.807) is 5.57 Å². The highest BCUT2D eigenvalue weighted by Crippen LogP contribution is 2.41. The number of unbranched alkanes of at least 4 members (excludes halogenated alkanes) is 4. The Morgan fingerprint density at radius 3 is 2.69 bits per heavy atom. The molecule has 0 aliphatic heterocycles. The van der Waals surface area contributed by atoms with E-state index in [1.165, 1.54) is 51.4 Å². The van der Waals surface area contributed by atoms with Crippen LogP contribution in [-0.4, -0.2) is 0 Å². The summed E-state index contributed by atoms with van der Waals surface area (Å²) in [4.78, 5) is 0. The van der Waals surface area contributed by atoms with Crippen molar-refractivity contribution in [1.29, 1.82) is 0 Å². The first kappa shape index (κ1) is 10.8. The smallest absolute Gasteiger partial charge is 0.0166 e. The van der Waals surface area contributed by atoms with E-state index in [1.807, 2.05) is 0 Å². The summed E-state index contributed by atoms with van der Waals surface area (Å²) in [6, 6.07) is 0. The van der Waals surface area contributed by atoms with Crippen molar-refractivity contribution in [3.05, 3.63) is 11.6 Å². The van der Waals surface area contributed by atoms with Gasteiger partial charge in [0, 0.05) is 0 Å². The fourth-order valence-corrected chi connectivity index (χ4v) is 1.91. The van der Waals surface area contributed by atoms with Crippen LogP contribution in [0.5, 0.6) is 0 Å². The predicted molar refractivity (Wildman–Crippen MR) is 59.9 cm³/mol. The van der Waals surface area contributed by atoms with Gasteiger partial charge < -0.3 is 0 Å². The monoisotopic (exact) mass is 180 g/mol. The summed E-state index contributed by atoms with van der Waals surface area (Å²) in [5, 5.41) is 0. The third-order valence-electron chi connectivity index (χ3n) is 2.95. The normalized spacial score (nSPS) is 23.8. The molecule has 0 heterocycles. The van der Waals surface area contributed by atoms with Crippen LogP contribution in [0.3, 0.4) is 0 Å². The maximum absolute atomic E-state index is 2.48. The lowest BCUT2D eigenvalue weighted by Gasteiger charge is -1.96. The molecule has 0 N–H and O–H groups in total. The molecule has 13 heavy (non-hydrogen) atoms. The Hall–Kier alpha value is -0.260. The molecule has 1 unspecified atom stereocenters. The van der Waals surface area contributed by atoms with Crippen molar-refractivity contribution in [2.75, 3.05) is 0 Å². The zero-order valence-corrected chi connectivity index (χ0v) is 9.31. The standard InChI is InChI=1S/C13H24/c1-3-5-7-8-10-13-11-12(13)9-6-4-2/h9,13H,3-8,10-11H2,1-2H3. The van der Waals surface area contributed by atoms with Crippen LogP contribution in [0.15, 0.2) is 11.6 Å². The van der Waals surface area contributed by atoms with Gasteiger partial charge in [0.05, 0.1) is 0 Å². The Morgan fingerprint density at radius 1 is 1.15 bits per heavy atom. The highest BCUT2D eigenvalue weighted by Gasteiger charge is 2.27. The first-order valence-corrected chi connectivity index (χ1v) is 6.07. The van der Waals surface area contributed by atoms with E-state index >= 15 is 0 Å². The van der Waals surface area contributed by atoms with Gasteiger partial charge in [-0.25, -0.2) is 0 Å². The minimum absolute atomic E-state index is 1.00. The first-order valence-electron chi connectivity index (χ1n) is 6.07. The van der Waals surface area contributed by atoms with E-state index in [0.29, 0.717) is 0 Å². The second-order valence-electron chi connectivity index (χ2n) is 4.32. The van der Waals surface area contributed by atoms with Crippen molar-refractivity contribution < 1.29 is 0 Å². The van der Waals surface area contributed by atoms with Crippen LogP contribution in [-0.2, 0) is 0 Å². The molecule has 0 aromatic rings. The molecule has 0 aromatic heterocycles. The molecule has 0 radical (unpaired) electrons. The van der Waals surface area contributed by atoms with Gasteiger partial charge in [-0.3, -0.25) is 0 Å². The molecule has 1 aliphatic rings. The molecule has 1 saturated carbocycles. The molecule has 1 fully saturated rings. The van der Waals surface area contributed by atoms with Gasteiger partial charge in [0.25, 0.3) is 0 Å². The van der Waals surface area contributed by atoms with Crippen molar-refractivity contribution in [1.82, 2.24) is 0 Å². The van der Waals surface area contributed by atoms with Crippen molar-refractivity contribution in [2.24, 2.45) is 5.92 Å². The average molecular weight is 180 g/mol. The van der Waals surface area contributed by atoms with E-state index in [9.17, 15) is 0 Å². The second kappa shape index (κ2) is 6.23. The highest BCUT2D eigenvalue weighted by atomic mass is 14.3. The molecule has 0 nitrogen and oxygen atoms in total. The molecule has 0 saturated heterocycles. The second-order valence-corrected chi connectivity index (χ2v) is 4.32. The van der Waals surface area contributed by atoms with E-state index in [2.05, 4.69) is 19.9 Å². The Kier molecular flexibility index (Phi) is 5.19. The lowest BCUT2D eigenvalue weighted by atomic mass is 10.1. The van der Waals surface area contributed by atoms with E-state index in [-0.39, 0.29) is 0 Å². The molecule has 0 spiro atoms. The van der Waals surface area contributed by atoms with Crippen LogP contribution in [0.4, 0.5) is 0 Å². The number of hydrogen-bond acceptors (Lipinski definition) is 0. The summed E-state index contributed by atoms with van der Waals surface area (Å²) in [5.41, 5.74) is 1.76. The van der Waals surface area contributed by atoms with Crippen molar-refractivity contribution >= 4 is 0 Å². The molecule has 0 aromatic carbocycles. The molecule has 0 amide bonds. The fraction of sp³-hybridized carbons (Fsp3) is 0.846. The van der Waals surface area contributed by atoms with E-state index < -0.39 is 0 Å². The Morgan fingerprint density at radius 2 is 2.00 bits per heavy atom. The van der Waals surface area contributed by atoms with Gasteiger partial charge in [0.1, 0.15) is 0 Å². The van der Waals surface area contributed by atoms with Gasteiger partial charge in [-0.2, -0.15) is 0 Å². The van der Waals surface area contributed by atoms with Gasteiger partial charge in [0.15, 0.2) is 0 Å². The summed E-state index contributed by atoms with van der Waals surface area (Å²) in [6.45, 7) is 4.54. The Bertz CT molecular complexity index is 155. The molecule has 0 heteroatoms. The van der Waals surface area contributed by atoms with Gasteiger partial charge in [-0.15, -0.1) is 0 Å². The summed E-state index contributed by atoms with van der Waals surface area (Å²) >= 11 is 0. The van der Waals surface area contributed by atoms with Crippen LogP contribution in [0, 0.1) is 5.92 Å². The quantitative estimate of drug-likeness (QED) is 0.393. The van der Waals surface area contributed by atoms with Crippen LogP contribution in [0.2, 0.25) is 0 Å². The van der Waals surface area contributed by atoms with Crippen molar-refractivity contribution in [3.8, 4) is 0 Å². The van der Waals surface area contributed by atoms with Crippen LogP contribution >= 0.6 is 0 Å². The topological polar surface area (TPSA) is 0 Å². The van der Waals surface area contributed by atoms with Crippen molar-refractivity contribution in [2.45, 2.75) is 65.2 Å². The van der Waals surface area contributed by atoms with Crippen LogP contribution < -0.4 is 0 Å². The number of hydrogen-bond donors (Lipinski definition) is 0. The fourth-order valence-electron chi connectivity index (χ4n) is 1.91. The van der Waals surface area contributed by atoms with E-state index in [0.717, 1.165) is 5.92 Å². The molecule has 1 atom stereocenters. The predicted octanol–water partition coefficient (Wildman–Crippen LogP) is 4.70. The van der Waals surface area contributed by atoms with Gasteiger partial charge in [-0.05, 0) is 25.2 Å². The van der Waals surface area contributed by atoms with Gasteiger partial charge in [0.2, 0.25) is 0 Å². The minimum atomic E-state index is 1.00. The zero-order chi connectivity index (χ0) is 9.52. The molecular weight excluding hydrogens is 156 g/mol. The first-order chi connectivity index (χ1) is 6.38. The number of rotatable bonds is 7. The van der Waals surface area contributed by atoms with Crippen molar-refractivity contribution in [3.63, 3.8) is 0 Å². The number of allylic oxidation sites excluding steroid dienone is 2. The lowest BCUT2D eigenvalue weighted by molar-refractivity contribution is 0.605. The summed E-state index contributed by atoms with van der Waals surface area (Å²) in [7, 11) is 0. The van der Waals surface area contributed by atoms with Gasteiger partial charge in [-0.1, -0.05) is 57.6 Å². The Balaban J connectivity index is 1.94. The van der Waals surface area contributed by atoms with Crippen LogP contribution in [0.1, 0.15) is 65.2 Å². The Labute approximate surface area is 83.4 Å². The molecule has 76 valence electrons.